The third-order valence-electron chi connectivity index (χ3n) is 3.24. The first kappa shape index (κ1) is 21.4. The summed E-state index contributed by atoms with van der Waals surface area (Å²) in [6.45, 7) is 4.42. The van der Waals surface area contributed by atoms with E-state index in [1.165, 1.54) is 7.11 Å². The fraction of sp³-hybridized carbons (Fsp3) is 0.500. The molecule has 0 aromatic heterocycles. The standard InChI is InChI=1S/C16H25N3O3.ClH/c1-11(2)16(21)19-13-6-4-12(5-7-13)10-18-15(20)8-14(9-17)22-3;/h4-7,11,14H,8-10,17H2,1-3H3,(H,18,20)(H,19,21);1H. The van der Waals surface area contributed by atoms with Gasteiger partial charge in [0, 0.05) is 31.8 Å². The van der Waals surface area contributed by atoms with Gasteiger partial charge in [-0.3, -0.25) is 9.59 Å². The molecule has 23 heavy (non-hydrogen) atoms. The van der Waals surface area contributed by atoms with Crippen molar-refractivity contribution < 1.29 is 14.3 Å². The summed E-state index contributed by atoms with van der Waals surface area (Å²) in [5.41, 5.74) is 7.18. The summed E-state index contributed by atoms with van der Waals surface area (Å²) < 4.78 is 5.07. The molecule has 0 fully saturated rings. The molecule has 0 heterocycles. The van der Waals surface area contributed by atoms with Crippen LogP contribution in [0.1, 0.15) is 25.8 Å². The maximum atomic E-state index is 11.7. The van der Waals surface area contributed by atoms with Crippen molar-refractivity contribution in [2.45, 2.75) is 32.9 Å². The predicted octanol–water partition coefficient (Wildman–Crippen LogP) is 1.68. The number of carbonyl (C=O) groups is 2. The van der Waals surface area contributed by atoms with Gasteiger partial charge in [-0.2, -0.15) is 0 Å². The lowest BCUT2D eigenvalue weighted by molar-refractivity contribution is -0.123. The molecule has 1 aromatic rings. The SMILES string of the molecule is COC(CN)CC(=O)NCc1ccc(NC(=O)C(C)C)cc1.Cl. The molecule has 0 bridgehead atoms. The van der Waals surface area contributed by atoms with Crippen molar-refractivity contribution >= 4 is 29.9 Å². The van der Waals surface area contributed by atoms with E-state index in [4.69, 9.17) is 10.5 Å². The van der Waals surface area contributed by atoms with E-state index in [2.05, 4.69) is 10.6 Å². The van der Waals surface area contributed by atoms with Crippen molar-refractivity contribution in [1.82, 2.24) is 5.32 Å². The Labute approximate surface area is 143 Å². The van der Waals surface area contributed by atoms with Crippen molar-refractivity contribution in [3.8, 4) is 0 Å². The highest BCUT2D eigenvalue weighted by Crippen LogP contribution is 2.11. The molecule has 0 radical (unpaired) electrons. The molecule has 0 aliphatic carbocycles. The zero-order valence-corrected chi connectivity index (χ0v) is 14.6. The Balaban J connectivity index is 0.00000484. The fourth-order valence-corrected chi connectivity index (χ4v) is 1.74. The molecule has 2 amide bonds. The summed E-state index contributed by atoms with van der Waals surface area (Å²) in [6, 6.07) is 7.37. The van der Waals surface area contributed by atoms with E-state index in [1.54, 1.807) is 0 Å². The van der Waals surface area contributed by atoms with Crippen LogP contribution in [-0.4, -0.2) is 31.6 Å². The van der Waals surface area contributed by atoms with Gasteiger partial charge < -0.3 is 21.1 Å². The molecule has 6 nitrogen and oxygen atoms in total. The van der Waals surface area contributed by atoms with Gasteiger partial charge in [0.05, 0.1) is 12.5 Å². The van der Waals surface area contributed by atoms with Crippen LogP contribution < -0.4 is 16.4 Å². The van der Waals surface area contributed by atoms with E-state index >= 15 is 0 Å². The van der Waals surface area contributed by atoms with Crippen LogP contribution >= 0.6 is 12.4 Å². The zero-order valence-electron chi connectivity index (χ0n) is 13.8. The van der Waals surface area contributed by atoms with Crippen LogP contribution in [0.2, 0.25) is 0 Å². The molecule has 1 rings (SSSR count). The van der Waals surface area contributed by atoms with Crippen LogP contribution in [-0.2, 0) is 20.9 Å². The number of hydrogen-bond acceptors (Lipinski definition) is 4. The van der Waals surface area contributed by atoms with E-state index in [1.807, 2.05) is 38.1 Å². The Morgan fingerprint density at radius 3 is 2.30 bits per heavy atom. The number of anilines is 1. The molecule has 0 aliphatic rings. The molecule has 130 valence electrons. The smallest absolute Gasteiger partial charge is 0.226 e. The lowest BCUT2D eigenvalue weighted by Crippen LogP contribution is -2.31. The van der Waals surface area contributed by atoms with E-state index in [9.17, 15) is 9.59 Å². The highest BCUT2D eigenvalue weighted by atomic mass is 35.5. The van der Waals surface area contributed by atoms with Gasteiger partial charge in [0.15, 0.2) is 0 Å². The minimum atomic E-state index is -0.256. The first-order chi connectivity index (χ1) is 10.5. The number of benzene rings is 1. The number of methoxy groups -OCH3 is 1. The Morgan fingerprint density at radius 2 is 1.83 bits per heavy atom. The van der Waals surface area contributed by atoms with Crippen LogP contribution in [0.4, 0.5) is 5.69 Å². The minimum absolute atomic E-state index is 0. The van der Waals surface area contributed by atoms with Crippen LogP contribution in [0.5, 0.6) is 0 Å². The topological polar surface area (TPSA) is 93.4 Å². The van der Waals surface area contributed by atoms with Crippen molar-refractivity contribution in [1.29, 1.82) is 0 Å². The number of ether oxygens (including phenoxy) is 1. The van der Waals surface area contributed by atoms with Crippen molar-refractivity contribution in [3.63, 3.8) is 0 Å². The van der Waals surface area contributed by atoms with Crippen LogP contribution in [0.15, 0.2) is 24.3 Å². The second kappa shape index (κ2) is 11.0. The molecule has 0 aliphatic heterocycles. The van der Waals surface area contributed by atoms with Gasteiger partial charge in [-0.1, -0.05) is 26.0 Å². The number of amides is 2. The molecule has 0 saturated carbocycles. The number of rotatable bonds is 8. The third-order valence-corrected chi connectivity index (χ3v) is 3.24. The fourth-order valence-electron chi connectivity index (χ4n) is 1.74. The second-order valence-electron chi connectivity index (χ2n) is 5.42. The van der Waals surface area contributed by atoms with Gasteiger partial charge in [0.2, 0.25) is 11.8 Å². The molecule has 1 unspecified atom stereocenters. The van der Waals surface area contributed by atoms with Gasteiger partial charge in [0.1, 0.15) is 0 Å². The normalized spacial score (nSPS) is 11.5. The summed E-state index contributed by atoms with van der Waals surface area (Å²) in [5, 5.41) is 5.63. The number of hydrogen-bond donors (Lipinski definition) is 3. The quantitative estimate of drug-likeness (QED) is 0.669. The molecule has 1 atom stereocenters. The van der Waals surface area contributed by atoms with Gasteiger partial charge in [-0.15, -0.1) is 12.4 Å². The number of nitrogens with two attached hydrogens (primary N) is 1. The zero-order chi connectivity index (χ0) is 16.5. The first-order valence-corrected chi connectivity index (χ1v) is 7.35. The summed E-state index contributed by atoms with van der Waals surface area (Å²) in [4.78, 5) is 23.3. The molecule has 4 N–H and O–H groups in total. The number of nitrogens with one attached hydrogen (secondary N) is 2. The number of halogens is 1. The summed E-state index contributed by atoms with van der Waals surface area (Å²) in [6.07, 6.45) is -0.0103. The van der Waals surface area contributed by atoms with Gasteiger partial charge in [-0.05, 0) is 17.7 Å². The summed E-state index contributed by atoms with van der Waals surface area (Å²) in [5.74, 6) is -0.182. The van der Waals surface area contributed by atoms with Crippen molar-refractivity contribution in [3.05, 3.63) is 29.8 Å². The summed E-state index contributed by atoms with van der Waals surface area (Å²) in [7, 11) is 1.54. The molecule has 0 spiro atoms. The first-order valence-electron chi connectivity index (χ1n) is 7.35. The highest BCUT2D eigenvalue weighted by Gasteiger charge is 2.11. The van der Waals surface area contributed by atoms with Crippen LogP contribution in [0.3, 0.4) is 0 Å². The Bertz CT molecular complexity index is 488. The molecular formula is C16H26ClN3O3. The van der Waals surface area contributed by atoms with Crippen molar-refractivity contribution in [2.24, 2.45) is 11.7 Å². The third kappa shape index (κ3) is 7.97. The van der Waals surface area contributed by atoms with Gasteiger partial charge >= 0.3 is 0 Å². The second-order valence-corrected chi connectivity index (χ2v) is 5.42. The molecule has 1 aromatic carbocycles. The maximum Gasteiger partial charge on any atom is 0.226 e. The molecular weight excluding hydrogens is 318 g/mol. The number of carbonyl (C=O) groups excluding carboxylic acids is 2. The maximum absolute atomic E-state index is 11.7. The van der Waals surface area contributed by atoms with Crippen molar-refractivity contribution in [2.75, 3.05) is 19.0 Å². The monoisotopic (exact) mass is 343 g/mol. The Kier molecular flexibility index (Phi) is 10.2. The van der Waals surface area contributed by atoms with Gasteiger partial charge in [-0.25, -0.2) is 0 Å². The molecule has 7 heteroatoms. The molecule has 0 saturated heterocycles. The lowest BCUT2D eigenvalue weighted by atomic mass is 10.1. The largest absolute Gasteiger partial charge is 0.380 e. The highest BCUT2D eigenvalue weighted by molar-refractivity contribution is 5.92. The average molecular weight is 344 g/mol. The Hall–Kier alpha value is -1.63. The van der Waals surface area contributed by atoms with Crippen LogP contribution in [0.25, 0.3) is 0 Å². The predicted molar refractivity (Wildman–Crippen MR) is 93.5 cm³/mol. The minimum Gasteiger partial charge on any atom is -0.380 e. The lowest BCUT2D eigenvalue weighted by Gasteiger charge is -2.13. The van der Waals surface area contributed by atoms with E-state index in [0.29, 0.717) is 13.1 Å². The van der Waals surface area contributed by atoms with Gasteiger partial charge in [0.25, 0.3) is 0 Å². The van der Waals surface area contributed by atoms with E-state index in [-0.39, 0.29) is 42.7 Å². The van der Waals surface area contributed by atoms with E-state index in [0.717, 1.165) is 11.3 Å². The summed E-state index contributed by atoms with van der Waals surface area (Å²) >= 11 is 0. The van der Waals surface area contributed by atoms with Crippen LogP contribution in [0, 0.1) is 5.92 Å². The average Bonchev–Trinajstić information content (AvgIpc) is 2.51. The Morgan fingerprint density at radius 1 is 1.22 bits per heavy atom. The van der Waals surface area contributed by atoms with E-state index < -0.39 is 0 Å².